The smallest absolute Gasteiger partial charge is 0.220 e. The Kier molecular flexibility index (Phi) is 5.39. The minimum Gasteiger partial charge on any atom is -0.381 e. The van der Waals surface area contributed by atoms with Gasteiger partial charge in [0.1, 0.15) is 0 Å². The van der Waals surface area contributed by atoms with E-state index in [1.165, 1.54) is 0 Å². The third kappa shape index (κ3) is 4.18. The second-order valence-electron chi connectivity index (χ2n) is 7.10. The molecule has 19 heavy (non-hydrogen) atoms. The zero-order valence-electron chi connectivity index (χ0n) is 13.1. The lowest BCUT2D eigenvalue weighted by molar-refractivity contribution is -0.133. The van der Waals surface area contributed by atoms with Crippen molar-refractivity contribution in [2.45, 2.75) is 65.5 Å². The van der Waals surface area contributed by atoms with Crippen LogP contribution >= 0.6 is 0 Å². The van der Waals surface area contributed by atoms with E-state index in [1.807, 2.05) is 0 Å². The van der Waals surface area contributed by atoms with Crippen LogP contribution in [0.4, 0.5) is 0 Å². The third-order valence-electron chi connectivity index (χ3n) is 4.65. The van der Waals surface area contributed by atoms with Crippen molar-refractivity contribution in [1.29, 1.82) is 0 Å². The van der Waals surface area contributed by atoms with Crippen molar-refractivity contribution in [2.24, 2.45) is 16.6 Å². The minimum absolute atomic E-state index is 0.0389. The second-order valence-corrected chi connectivity index (χ2v) is 7.10. The van der Waals surface area contributed by atoms with Crippen LogP contribution in [0.3, 0.4) is 0 Å². The molecule has 1 saturated carbocycles. The maximum Gasteiger partial charge on any atom is 0.220 e. The molecule has 0 aromatic heterocycles. The number of carbonyl (C=O) groups excluding carboxylic acids is 1. The molecular weight excluding hydrogens is 240 g/mol. The molecule has 2 unspecified atom stereocenters. The molecule has 4 nitrogen and oxygen atoms in total. The van der Waals surface area contributed by atoms with E-state index in [0.717, 1.165) is 19.3 Å². The Balaban J connectivity index is 2.33. The summed E-state index contributed by atoms with van der Waals surface area (Å²) in [5, 5.41) is 3.14. The van der Waals surface area contributed by atoms with Crippen molar-refractivity contribution in [3.63, 3.8) is 0 Å². The summed E-state index contributed by atoms with van der Waals surface area (Å²) in [5.41, 5.74) is 5.77. The van der Waals surface area contributed by atoms with Crippen molar-refractivity contribution in [3.8, 4) is 0 Å². The average molecular weight is 270 g/mol. The Morgan fingerprint density at radius 3 is 2.53 bits per heavy atom. The fraction of sp³-hybridized carbons (Fsp3) is 0.933. The van der Waals surface area contributed by atoms with Gasteiger partial charge in [-0.15, -0.1) is 0 Å². The highest BCUT2D eigenvalue weighted by atomic mass is 16.5. The standard InChI is InChI=1S/C15H30N2O2/c1-14(2,8-9-16)7-6-13(18)17-11-10-12(19-5)15(11,3)4/h11-12H,6-10,16H2,1-5H3,(H,17,18). The van der Waals surface area contributed by atoms with Gasteiger partial charge in [-0.1, -0.05) is 27.7 Å². The Labute approximate surface area is 117 Å². The van der Waals surface area contributed by atoms with E-state index >= 15 is 0 Å². The van der Waals surface area contributed by atoms with E-state index in [4.69, 9.17) is 10.5 Å². The maximum absolute atomic E-state index is 12.0. The fourth-order valence-corrected chi connectivity index (χ4v) is 2.76. The van der Waals surface area contributed by atoms with E-state index < -0.39 is 0 Å². The van der Waals surface area contributed by atoms with E-state index in [2.05, 4.69) is 33.0 Å². The molecule has 2 atom stereocenters. The van der Waals surface area contributed by atoms with Crippen LogP contribution in [0.15, 0.2) is 0 Å². The minimum atomic E-state index is 0.0389. The summed E-state index contributed by atoms with van der Waals surface area (Å²) >= 11 is 0. The Hall–Kier alpha value is -0.610. The van der Waals surface area contributed by atoms with Gasteiger partial charge in [0.25, 0.3) is 0 Å². The van der Waals surface area contributed by atoms with Crippen LogP contribution in [0, 0.1) is 10.8 Å². The molecule has 0 saturated heterocycles. The molecule has 0 aliphatic heterocycles. The number of nitrogens with two attached hydrogens (primary N) is 1. The second kappa shape index (κ2) is 6.23. The van der Waals surface area contributed by atoms with Gasteiger partial charge in [-0.25, -0.2) is 0 Å². The van der Waals surface area contributed by atoms with Gasteiger partial charge in [-0.2, -0.15) is 0 Å². The summed E-state index contributed by atoms with van der Waals surface area (Å²) in [5.74, 6) is 0.151. The number of nitrogens with one attached hydrogen (secondary N) is 1. The molecule has 1 aliphatic carbocycles. The van der Waals surface area contributed by atoms with E-state index in [-0.39, 0.29) is 28.9 Å². The van der Waals surface area contributed by atoms with Crippen LogP contribution < -0.4 is 11.1 Å². The van der Waals surface area contributed by atoms with E-state index in [9.17, 15) is 4.79 Å². The molecule has 0 radical (unpaired) electrons. The summed E-state index contributed by atoms with van der Waals surface area (Å²) in [4.78, 5) is 12.0. The molecule has 1 amide bonds. The molecule has 112 valence electrons. The fourth-order valence-electron chi connectivity index (χ4n) is 2.76. The number of amides is 1. The van der Waals surface area contributed by atoms with Crippen LogP contribution in [0.5, 0.6) is 0 Å². The highest BCUT2D eigenvalue weighted by Gasteiger charge is 2.49. The van der Waals surface area contributed by atoms with Crippen LogP contribution in [0.1, 0.15) is 53.4 Å². The first kappa shape index (κ1) is 16.4. The van der Waals surface area contributed by atoms with Crippen LogP contribution in [-0.2, 0) is 9.53 Å². The monoisotopic (exact) mass is 270 g/mol. The molecule has 0 bridgehead atoms. The third-order valence-corrected chi connectivity index (χ3v) is 4.65. The van der Waals surface area contributed by atoms with Gasteiger partial charge in [0.15, 0.2) is 0 Å². The summed E-state index contributed by atoms with van der Waals surface area (Å²) < 4.78 is 5.39. The normalized spacial score (nSPS) is 25.8. The van der Waals surface area contributed by atoms with Gasteiger partial charge in [0, 0.05) is 25.0 Å². The van der Waals surface area contributed by atoms with Crippen molar-refractivity contribution >= 4 is 5.91 Å². The predicted molar refractivity (Wildman–Crippen MR) is 77.8 cm³/mol. The molecule has 1 aliphatic rings. The lowest BCUT2D eigenvalue weighted by Gasteiger charge is -2.51. The summed E-state index contributed by atoms with van der Waals surface area (Å²) in [7, 11) is 1.74. The molecule has 1 rings (SSSR count). The van der Waals surface area contributed by atoms with Gasteiger partial charge >= 0.3 is 0 Å². The number of rotatable bonds is 7. The number of carbonyl (C=O) groups is 1. The Bertz CT molecular complexity index is 313. The molecule has 0 spiro atoms. The Morgan fingerprint density at radius 1 is 1.42 bits per heavy atom. The number of hydrogen-bond donors (Lipinski definition) is 2. The molecule has 4 heteroatoms. The Morgan fingerprint density at radius 2 is 2.05 bits per heavy atom. The highest BCUT2D eigenvalue weighted by Crippen LogP contribution is 2.42. The van der Waals surface area contributed by atoms with Crippen molar-refractivity contribution in [2.75, 3.05) is 13.7 Å². The average Bonchev–Trinajstić information content (AvgIpc) is 2.31. The van der Waals surface area contributed by atoms with Crippen molar-refractivity contribution in [1.82, 2.24) is 5.32 Å². The summed E-state index contributed by atoms with van der Waals surface area (Å²) in [6.07, 6.45) is 3.60. The van der Waals surface area contributed by atoms with Gasteiger partial charge < -0.3 is 15.8 Å². The lowest BCUT2D eigenvalue weighted by atomic mass is 9.64. The van der Waals surface area contributed by atoms with E-state index in [1.54, 1.807) is 7.11 Å². The van der Waals surface area contributed by atoms with Gasteiger partial charge in [-0.05, 0) is 31.2 Å². The van der Waals surface area contributed by atoms with Gasteiger partial charge in [0.2, 0.25) is 5.91 Å². The summed E-state index contributed by atoms with van der Waals surface area (Å²) in [6, 6.07) is 0.238. The van der Waals surface area contributed by atoms with Crippen molar-refractivity contribution < 1.29 is 9.53 Å². The largest absolute Gasteiger partial charge is 0.381 e. The predicted octanol–water partition coefficient (Wildman–Crippen LogP) is 2.07. The maximum atomic E-state index is 12.0. The molecule has 0 aromatic carbocycles. The lowest BCUT2D eigenvalue weighted by Crippen LogP contribution is -2.61. The van der Waals surface area contributed by atoms with Gasteiger partial charge in [-0.3, -0.25) is 4.79 Å². The summed E-state index contributed by atoms with van der Waals surface area (Å²) in [6.45, 7) is 9.31. The first-order valence-electron chi connectivity index (χ1n) is 7.25. The molecule has 1 fully saturated rings. The van der Waals surface area contributed by atoms with Crippen LogP contribution in [-0.4, -0.2) is 31.7 Å². The van der Waals surface area contributed by atoms with E-state index in [0.29, 0.717) is 13.0 Å². The topological polar surface area (TPSA) is 64.3 Å². The first-order valence-corrected chi connectivity index (χ1v) is 7.25. The van der Waals surface area contributed by atoms with Crippen molar-refractivity contribution in [3.05, 3.63) is 0 Å². The zero-order valence-corrected chi connectivity index (χ0v) is 13.1. The SMILES string of the molecule is COC1CC(NC(=O)CCC(C)(C)CCN)C1(C)C. The molecule has 3 N–H and O–H groups in total. The number of ether oxygens (including phenoxy) is 1. The zero-order chi connectivity index (χ0) is 14.7. The highest BCUT2D eigenvalue weighted by molar-refractivity contribution is 5.76. The molecule has 0 heterocycles. The number of methoxy groups -OCH3 is 1. The van der Waals surface area contributed by atoms with Crippen LogP contribution in [0.2, 0.25) is 0 Å². The van der Waals surface area contributed by atoms with Gasteiger partial charge in [0.05, 0.1) is 6.10 Å². The first-order chi connectivity index (χ1) is 8.73. The van der Waals surface area contributed by atoms with Crippen LogP contribution in [0.25, 0.3) is 0 Å². The number of hydrogen-bond acceptors (Lipinski definition) is 3. The molecular formula is C15H30N2O2. The quantitative estimate of drug-likeness (QED) is 0.744. The molecule has 0 aromatic rings.